The van der Waals surface area contributed by atoms with E-state index in [9.17, 15) is 4.79 Å². The van der Waals surface area contributed by atoms with Crippen LogP contribution in [0.15, 0.2) is 23.6 Å². The van der Waals surface area contributed by atoms with Gasteiger partial charge in [0.05, 0.1) is 5.02 Å². The van der Waals surface area contributed by atoms with Crippen LogP contribution in [0.5, 0.6) is 0 Å². The lowest BCUT2D eigenvalue weighted by atomic mass is 10.2. The molecule has 1 aliphatic heterocycles. The molecule has 0 aliphatic carbocycles. The lowest BCUT2D eigenvalue weighted by Crippen LogP contribution is -2.32. The van der Waals surface area contributed by atoms with Crippen LogP contribution in [0, 0.1) is 0 Å². The standard InChI is InChI=1S/C14H13Cl2N3OS/c15-8-1-2-10(11(16)5-8)13-18-12(7-21-13)14(20)19-4-3-9(17)6-19/h1-2,5,7,9H,3-4,6,17H2/t9-/m0/s1. The molecule has 1 atom stereocenters. The average molecular weight is 342 g/mol. The molecule has 1 amide bonds. The number of nitrogens with zero attached hydrogens (tertiary/aromatic N) is 2. The van der Waals surface area contributed by atoms with Crippen molar-refractivity contribution in [1.29, 1.82) is 0 Å². The van der Waals surface area contributed by atoms with Crippen molar-refractivity contribution in [1.82, 2.24) is 9.88 Å². The molecule has 1 saturated heterocycles. The first-order valence-electron chi connectivity index (χ1n) is 6.50. The highest BCUT2D eigenvalue weighted by atomic mass is 35.5. The minimum absolute atomic E-state index is 0.0674. The first-order valence-corrected chi connectivity index (χ1v) is 8.14. The van der Waals surface area contributed by atoms with Crippen molar-refractivity contribution >= 4 is 40.4 Å². The van der Waals surface area contributed by atoms with E-state index in [0.717, 1.165) is 12.0 Å². The Labute approximate surface area is 136 Å². The monoisotopic (exact) mass is 341 g/mol. The molecule has 2 N–H and O–H groups in total. The molecule has 1 fully saturated rings. The van der Waals surface area contributed by atoms with Crippen LogP contribution < -0.4 is 5.73 Å². The lowest BCUT2D eigenvalue weighted by molar-refractivity contribution is 0.0786. The van der Waals surface area contributed by atoms with Gasteiger partial charge in [-0.1, -0.05) is 23.2 Å². The fraction of sp³-hybridized carbons (Fsp3) is 0.286. The summed E-state index contributed by atoms with van der Waals surface area (Å²) in [7, 11) is 0. The summed E-state index contributed by atoms with van der Waals surface area (Å²) in [6.45, 7) is 1.28. The molecular weight excluding hydrogens is 329 g/mol. The number of hydrogen-bond donors (Lipinski definition) is 1. The van der Waals surface area contributed by atoms with Gasteiger partial charge in [-0.3, -0.25) is 4.79 Å². The molecule has 0 bridgehead atoms. The number of thiazole rings is 1. The molecule has 0 saturated carbocycles. The Morgan fingerprint density at radius 1 is 1.43 bits per heavy atom. The minimum atomic E-state index is -0.0736. The van der Waals surface area contributed by atoms with Crippen LogP contribution in [0.3, 0.4) is 0 Å². The zero-order valence-electron chi connectivity index (χ0n) is 11.1. The predicted molar refractivity (Wildman–Crippen MR) is 86.1 cm³/mol. The molecule has 110 valence electrons. The maximum absolute atomic E-state index is 12.3. The number of carbonyl (C=O) groups is 1. The van der Waals surface area contributed by atoms with Crippen molar-refractivity contribution < 1.29 is 4.79 Å². The van der Waals surface area contributed by atoms with Crippen LogP contribution >= 0.6 is 34.5 Å². The highest BCUT2D eigenvalue weighted by Crippen LogP contribution is 2.32. The molecule has 21 heavy (non-hydrogen) atoms. The van der Waals surface area contributed by atoms with E-state index in [2.05, 4.69) is 4.98 Å². The Kier molecular flexibility index (Phi) is 4.17. The number of amides is 1. The van der Waals surface area contributed by atoms with Crippen molar-refractivity contribution in [3.8, 4) is 10.6 Å². The number of rotatable bonds is 2. The van der Waals surface area contributed by atoms with E-state index in [0.29, 0.717) is 33.8 Å². The Morgan fingerprint density at radius 2 is 2.24 bits per heavy atom. The minimum Gasteiger partial charge on any atom is -0.336 e. The smallest absolute Gasteiger partial charge is 0.273 e. The number of halogens is 2. The molecule has 1 aliphatic rings. The summed E-state index contributed by atoms with van der Waals surface area (Å²) in [5.74, 6) is -0.0736. The van der Waals surface area contributed by atoms with Gasteiger partial charge in [-0.15, -0.1) is 11.3 Å². The third kappa shape index (κ3) is 3.06. The number of benzene rings is 1. The van der Waals surface area contributed by atoms with Crippen molar-refractivity contribution in [3.05, 3.63) is 39.3 Å². The third-order valence-electron chi connectivity index (χ3n) is 3.40. The van der Waals surface area contributed by atoms with Crippen molar-refractivity contribution in [3.63, 3.8) is 0 Å². The summed E-state index contributed by atoms with van der Waals surface area (Å²) in [5.41, 5.74) is 7.05. The van der Waals surface area contributed by atoms with Crippen LogP contribution in [0.25, 0.3) is 10.6 Å². The van der Waals surface area contributed by atoms with Gasteiger partial charge in [-0.25, -0.2) is 4.98 Å². The quantitative estimate of drug-likeness (QED) is 0.911. The van der Waals surface area contributed by atoms with E-state index in [1.807, 2.05) is 6.07 Å². The number of aromatic nitrogens is 1. The van der Waals surface area contributed by atoms with Crippen molar-refractivity contribution in [2.45, 2.75) is 12.5 Å². The Hall–Kier alpha value is -1.14. The average Bonchev–Trinajstić information content (AvgIpc) is 3.07. The van der Waals surface area contributed by atoms with E-state index in [-0.39, 0.29) is 11.9 Å². The maximum Gasteiger partial charge on any atom is 0.273 e. The summed E-state index contributed by atoms with van der Waals surface area (Å²) in [4.78, 5) is 18.5. The highest BCUT2D eigenvalue weighted by Gasteiger charge is 2.26. The van der Waals surface area contributed by atoms with E-state index < -0.39 is 0 Å². The van der Waals surface area contributed by atoms with Crippen LogP contribution in [-0.4, -0.2) is 34.9 Å². The first-order chi connectivity index (χ1) is 10.0. The zero-order valence-corrected chi connectivity index (χ0v) is 13.4. The predicted octanol–water partition coefficient (Wildman–Crippen LogP) is 3.29. The second-order valence-corrected chi connectivity index (χ2v) is 6.66. The van der Waals surface area contributed by atoms with Crippen LogP contribution in [-0.2, 0) is 0 Å². The summed E-state index contributed by atoms with van der Waals surface area (Å²) >= 11 is 13.4. The van der Waals surface area contributed by atoms with Gasteiger partial charge in [0.2, 0.25) is 0 Å². The lowest BCUT2D eigenvalue weighted by Gasteiger charge is -2.13. The van der Waals surface area contributed by atoms with E-state index >= 15 is 0 Å². The van der Waals surface area contributed by atoms with Gasteiger partial charge in [0.25, 0.3) is 5.91 Å². The molecule has 0 unspecified atom stereocenters. The second-order valence-electron chi connectivity index (χ2n) is 4.96. The molecule has 2 heterocycles. The van der Waals surface area contributed by atoms with Gasteiger partial charge < -0.3 is 10.6 Å². The van der Waals surface area contributed by atoms with Gasteiger partial charge in [-0.2, -0.15) is 0 Å². The number of likely N-dealkylation sites (tertiary alicyclic amines) is 1. The van der Waals surface area contributed by atoms with Gasteiger partial charge in [-0.05, 0) is 24.6 Å². The zero-order chi connectivity index (χ0) is 15.0. The summed E-state index contributed by atoms with van der Waals surface area (Å²) in [6, 6.07) is 5.30. The molecule has 4 nitrogen and oxygen atoms in total. The molecule has 2 aromatic rings. The van der Waals surface area contributed by atoms with Gasteiger partial charge in [0, 0.05) is 35.1 Å². The van der Waals surface area contributed by atoms with Crippen molar-refractivity contribution in [2.24, 2.45) is 5.73 Å². The fourth-order valence-electron chi connectivity index (χ4n) is 2.29. The Bertz CT molecular complexity index is 689. The van der Waals surface area contributed by atoms with Crippen LogP contribution in [0.1, 0.15) is 16.9 Å². The largest absolute Gasteiger partial charge is 0.336 e. The Balaban J connectivity index is 1.84. The summed E-state index contributed by atoms with van der Waals surface area (Å²) < 4.78 is 0. The SMILES string of the molecule is N[C@H]1CCN(C(=O)c2csc(-c3ccc(Cl)cc3Cl)n2)C1. The molecule has 3 rings (SSSR count). The molecule has 1 aromatic carbocycles. The van der Waals surface area contributed by atoms with E-state index in [1.54, 1.807) is 22.4 Å². The molecule has 1 aromatic heterocycles. The van der Waals surface area contributed by atoms with E-state index in [1.165, 1.54) is 11.3 Å². The fourth-order valence-corrected chi connectivity index (χ4v) is 3.68. The van der Waals surface area contributed by atoms with Crippen LogP contribution in [0.4, 0.5) is 0 Å². The molecule has 7 heteroatoms. The van der Waals surface area contributed by atoms with Gasteiger partial charge in [0.15, 0.2) is 0 Å². The normalized spacial score (nSPS) is 18.2. The van der Waals surface area contributed by atoms with Gasteiger partial charge in [0.1, 0.15) is 10.7 Å². The van der Waals surface area contributed by atoms with Crippen molar-refractivity contribution in [2.75, 3.05) is 13.1 Å². The van der Waals surface area contributed by atoms with E-state index in [4.69, 9.17) is 28.9 Å². The van der Waals surface area contributed by atoms with Gasteiger partial charge >= 0.3 is 0 Å². The number of hydrogen-bond acceptors (Lipinski definition) is 4. The molecule has 0 radical (unpaired) electrons. The number of carbonyl (C=O) groups excluding carboxylic acids is 1. The summed E-state index contributed by atoms with van der Waals surface area (Å²) in [6.07, 6.45) is 0.839. The highest BCUT2D eigenvalue weighted by molar-refractivity contribution is 7.13. The second kappa shape index (κ2) is 5.93. The number of nitrogens with two attached hydrogens (primary N) is 1. The third-order valence-corrected chi connectivity index (χ3v) is 4.82. The topological polar surface area (TPSA) is 59.2 Å². The molecule has 0 spiro atoms. The maximum atomic E-state index is 12.3. The summed E-state index contributed by atoms with van der Waals surface area (Å²) in [5, 5.41) is 3.57. The van der Waals surface area contributed by atoms with Crippen LogP contribution in [0.2, 0.25) is 10.0 Å². The Morgan fingerprint density at radius 3 is 2.90 bits per heavy atom. The first kappa shape index (κ1) is 14.8. The molecular formula is C14H13Cl2N3OS.